The molecule has 4 atom stereocenters. The largest absolute Gasteiger partial charge is 0.463 e. The summed E-state index contributed by atoms with van der Waals surface area (Å²) in [5, 5.41) is 0. The van der Waals surface area contributed by atoms with Gasteiger partial charge in [-0.2, -0.15) is 0 Å². The van der Waals surface area contributed by atoms with Crippen molar-refractivity contribution in [3.05, 3.63) is 47.0 Å². The van der Waals surface area contributed by atoms with E-state index in [0.29, 0.717) is 36.2 Å². The Balaban J connectivity index is 1.55. The Hall–Kier alpha value is -1.94. The highest BCUT2D eigenvalue weighted by Crippen LogP contribution is 2.59. The topological polar surface area (TPSA) is 52.6 Å². The minimum atomic E-state index is -0.311. The van der Waals surface area contributed by atoms with E-state index < -0.39 is 0 Å². The summed E-state index contributed by atoms with van der Waals surface area (Å²) >= 11 is 0. The predicted octanol–water partition coefficient (Wildman–Crippen LogP) is 3.31. The Morgan fingerprint density at radius 1 is 1.08 bits per heavy atom. The lowest BCUT2D eigenvalue weighted by Gasteiger charge is -2.25. The molecule has 1 aromatic carbocycles. The molecule has 0 spiro atoms. The van der Waals surface area contributed by atoms with E-state index in [1.807, 2.05) is 30.3 Å². The van der Waals surface area contributed by atoms with Gasteiger partial charge in [0.05, 0.1) is 25.4 Å². The van der Waals surface area contributed by atoms with Gasteiger partial charge < -0.3 is 9.47 Å². The Kier molecular flexibility index (Phi) is 4.46. The van der Waals surface area contributed by atoms with Gasteiger partial charge in [-0.15, -0.1) is 0 Å². The summed E-state index contributed by atoms with van der Waals surface area (Å²) in [5.41, 5.74) is 2.25. The summed E-state index contributed by atoms with van der Waals surface area (Å²) < 4.78 is 11.1. The molecule has 4 heteroatoms. The normalized spacial score (nSPS) is 30.0. The van der Waals surface area contributed by atoms with E-state index in [1.165, 1.54) is 0 Å². The summed E-state index contributed by atoms with van der Waals surface area (Å²) in [5.74, 6) is 0.792. The molecule has 0 saturated heterocycles. The van der Waals surface area contributed by atoms with Crippen molar-refractivity contribution in [3.63, 3.8) is 0 Å². The molecular weight excluding hydrogens is 316 g/mol. The number of fused-ring (bicyclic) bond motifs is 5. The molecule has 2 bridgehead atoms. The van der Waals surface area contributed by atoms with Crippen LogP contribution in [0.2, 0.25) is 0 Å². The van der Waals surface area contributed by atoms with Crippen molar-refractivity contribution in [2.24, 2.45) is 23.7 Å². The maximum absolute atomic E-state index is 13.0. The average Bonchev–Trinajstić information content (AvgIpc) is 3.29. The van der Waals surface area contributed by atoms with Crippen molar-refractivity contribution in [2.75, 3.05) is 13.2 Å². The number of carbonyl (C=O) groups is 2. The molecule has 2 saturated carbocycles. The van der Waals surface area contributed by atoms with Crippen LogP contribution in [0.15, 0.2) is 41.5 Å². The van der Waals surface area contributed by atoms with Gasteiger partial charge in [0.25, 0.3) is 0 Å². The molecule has 0 aromatic heterocycles. The van der Waals surface area contributed by atoms with Crippen molar-refractivity contribution in [1.82, 2.24) is 0 Å². The molecule has 3 aliphatic rings. The molecule has 132 valence electrons. The number of rotatable bonds is 6. The zero-order valence-corrected chi connectivity index (χ0v) is 14.6. The number of hydrogen-bond acceptors (Lipinski definition) is 4. The van der Waals surface area contributed by atoms with Crippen LogP contribution < -0.4 is 0 Å². The zero-order chi connectivity index (χ0) is 17.4. The zero-order valence-electron chi connectivity index (χ0n) is 14.6. The minimum absolute atomic E-state index is 0.00604. The maximum atomic E-state index is 13.0. The predicted molar refractivity (Wildman–Crippen MR) is 92.6 cm³/mol. The van der Waals surface area contributed by atoms with E-state index in [0.717, 1.165) is 24.8 Å². The Morgan fingerprint density at radius 3 is 2.52 bits per heavy atom. The van der Waals surface area contributed by atoms with Crippen LogP contribution in [0.4, 0.5) is 0 Å². The second kappa shape index (κ2) is 6.75. The molecule has 3 aliphatic carbocycles. The molecule has 0 aliphatic heterocycles. The summed E-state index contributed by atoms with van der Waals surface area (Å²) in [6.07, 6.45) is 3.33. The lowest BCUT2D eigenvalue weighted by Crippen LogP contribution is -2.26. The lowest BCUT2D eigenvalue weighted by molar-refractivity contribution is -0.139. The quantitative estimate of drug-likeness (QED) is 0.746. The fourth-order valence-electron chi connectivity index (χ4n) is 5.08. The van der Waals surface area contributed by atoms with Gasteiger partial charge in [-0.1, -0.05) is 30.3 Å². The SMILES string of the molecule is CCOC(=O)C1=C(COCc2ccccc2)C(=O)[C@@H]2[C@H]3CC[C@H](C3)[C@H]12. The van der Waals surface area contributed by atoms with Gasteiger partial charge in [0.2, 0.25) is 0 Å². The van der Waals surface area contributed by atoms with Gasteiger partial charge in [-0.25, -0.2) is 4.79 Å². The Bertz CT molecular complexity index is 706. The first kappa shape index (κ1) is 16.5. The van der Waals surface area contributed by atoms with Gasteiger partial charge in [-0.05, 0) is 43.6 Å². The lowest BCUT2D eigenvalue weighted by atomic mass is 9.78. The highest BCUT2D eigenvalue weighted by molar-refractivity contribution is 6.10. The number of benzene rings is 1. The number of carbonyl (C=O) groups excluding carboxylic acids is 2. The van der Waals surface area contributed by atoms with Crippen LogP contribution in [0.25, 0.3) is 0 Å². The van der Waals surface area contributed by atoms with Crippen molar-refractivity contribution in [1.29, 1.82) is 0 Å². The number of ketones is 1. The van der Waals surface area contributed by atoms with Gasteiger partial charge in [-0.3, -0.25) is 4.79 Å². The van der Waals surface area contributed by atoms with E-state index >= 15 is 0 Å². The first-order valence-electron chi connectivity index (χ1n) is 9.26. The first-order chi connectivity index (χ1) is 12.2. The van der Waals surface area contributed by atoms with Crippen molar-refractivity contribution < 1.29 is 19.1 Å². The summed E-state index contributed by atoms with van der Waals surface area (Å²) in [6, 6.07) is 9.87. The van der Waals surface area contributed by atoms with E-state index in [2.05, 4.69) is 0 Å². The maximum Gasteiger partial charge on any atom is 0.334 e. The van der Waals surface area contributed by atoms with Gasteiger partial charge >= 0.3 is 5.97 Å². The molecule has 4 rings (SSSR count). The van der Waals surface area contributed by atoms with Crippen molar-refractivity contribution >= 4 is 11.8 Å². The second-order valence-corrected chi connectivity index (χ2v) is 7.34. The summed E-state index contributed by atoms with van der Waals surface area (Å²) in [7, 11) is 0. The monoisotopic (exact) mass is 340 g/mol. The fourth-order valence-corrected chi connectivity index (χ4v) is 5.08. The van der Waals surface area contributed by atoms with Gasteiger partial charge in [0.15, 0.2) is 5.78 Å². The molecule has 0 N–H and O–H groups in total. The van der Waals surface area contributed by atoms with Crippen molar-refractivity contribution in [2.45, 2.75) is 32.8 Å². The highest BCUT2D eigenvalue weighted by atomic mass is 16.5. The Labute approximate surface area is 148 Å². The fraction of sp³-hybridized carbons (Fsp3) is 0.524. The minimum Gasteiger partial charge on any atom is -0.463 e. The molecular formula is C21H24O4. The Morgan fingerprint density at radius 2 is 1.80 bits per heavy atom. The highest BCUT2D eigenvalue weighted by Gasteiger charge is 2.58. The summed E-state index contributed by atoms with van der Waals surface area (Å²) in [6.45, 7) is 2.78. The first-order valence-corrected chi connectivity index (χ1v) is 9.26. The van der Waals surface area contributed by atoms with Crippen LogP contribution in [0.1, 0.15) is 31.7 Å². The number of hydrogen-bond donors (Lipinski definition) is 0. The van der Waals surface area contributed by atoms with Crippen LogP contribution in [-0.2, 0) is 25.7 Å². The van der Waals surface area contributed by atoms with Crippen LogP contribution in [0.3, 0.4) is 0 Å². The van der Waals surface area contributed by atoms with Crippen LogP contribution in [0.5, 0.6) is 0 Å². The molecule has 0 unspecified atom stereocenters. The van der Waals surface area contributed by atoms with Crippen molar-refractivity contribution in [3.8, 4) is 0 Å². The molecule has 0 amide bonds. The third kappa shape index (κ3) is 2.82. The van der Waals surface area contributed by atoms with E-state index in [-0.39, 0.29) is 30.2 Å². The molecule has 2 fully saturated rings. The van der Waals surface area contributed by atoms with Crippen LogP contribution in [0, 0.1) is 23.7 Å². The number of Topliss-reactive ketones (excluding diaryl/α,β-unsaturated/α-hetero) is 1. The average molecular weight is 340 g/mol. The molecule has 4 nitrogen and oxygen atoms in total. The summed E-state index contributed by atoms with van der Waals surface area (Å²) in [4.78, 5) is 25.6. The van der Waals surface area contributed by atoms with E-state index in [9.17, 15) is 9.59 Å². The van der Waals surface area contributed by atoms with E-state index in [1.54, 1.807) is 6.92 Å². The van der Waals surface area contributed by atoms with Crippen LogP contribution >= 0.6 is 0 Å². The molecule has 0 radical (unpaired) electrons. The second-order valence-electron chi connectivity index (χ2n) is 7.34. The molecule has 0 heterocycles. The third-order valence-electron chi connectivity index (χ3n) is 6.03. The smallest absolute Gasteiger partial charge is 0.334 e. The van der Waals surface area contributed by atoms with Gasteiger partial charge in [0.1, 0.15) is 0 Å². The standard InChI is InChI=1S/C21H24O4/c1-2-25-21(23)19-16(12-24-11-13-6-4-3-5-7-13)20(22)18-15-9-8-14(10-15)17(18)19/h3-7,14-15,17-18H,2,8-12H2,1H3/t14-,15+,17+,18-/m1/s1. The van der Waals surface area contributed by atoms with Gasteiger partial charge in [0, 0.05) is 17.4 Å². The molecule has 25 heavy (non-hydrogen) atoms. The number of esters is 1. The number of ether oxygens (including phenoxy) is 2. The van der Waals surface area contributed by atoms with E-state index in [4.69, 9.17) is 9.47 Å². The van der Waals surface area contributed by atoms with Crippen LogP contribution in [-0.4, -0.2) is 25.0 Å². The molecule has 1 aromatic rings. The third-order valence-corrected chi connectivity index (χ3v) is 6.03.